The van der Waals surface area contributed by atoms with Gasteiger partial charge in [0, 0.05) is 25.2 Å². The van der Waals surface area contributed by atoms with E-state index in [1.807, 2.05) is 25.1 Å². The fourth-order valence-corrected chi connectivity index (χ4v) is 5.37. The first-order valence-electron chi connectivity index (χ1n) is 11.5. The van der Waals surface area contributed by atoms with Crippen LogP contribution in [0.5, 0.6) is 5.75 Å². The van der Waals surface area contributed by atoms with E-state index in [0.717, 1.165) is 44.2 Å². The number of nitrogen functional groups attached to an aromatic ring is 1. The van der Waals surface area contributed by atoms with Crippen molar-refractivity contribution in [1.82, 2.24) is 4.90 Å². The van der Waals surface area contributed by atoms with Gasteiger partial charge in [0.25, 0.3) is 0 Å². The molecule has 32 heavy (non-hydrogen) atoms. The molecule has 0 aromatic heterocycles. The van der Waals surface area contributed by atoms with Crippen molar-refractivity contribution < 1.29 is 14.4 Å². The fraction of sp³-hybridized carbons (Fsp3) is 0.462. The SMILES string of the molecule is CCON=C1CC[C@]2(Cc3cccc(N)c3)c3ccc(OC(=O)N(C)C)cc3CC[C@H]2C1. The van der Waals surface area contributed by atoms with Crippen molar-refractivity contribution in [3.63, 3.8) is 0 Å². The zero-order chi connectivity index (χ0) is 22.7. The van der Waals surface area contributed by atoms with Gasteiger partial charge in [0.05, 0.1) is 5.71 Å². The normalized spacial score (nSPS) is 23.2. The van der Waals surface area contributed by atoms with Crippen molar-refractivity contribution in [3.8, 4) is 5.75 Å². The molecule has 0 saturated heterocycles. The summed E-state index contributed by atoms with van der Waals surface area (Å²) >= 11 is 0. The number of carbonyl (C=O) groups excluding carboxylic acids is 1. The van der Waals surface area contributed by atoms with Gasteiger partial charge in [-0.2, -0.15) is 0 Å². The summed E-state index contributed by atoms with van der Waals surface area (Å²) in [6.07, 6.45) is 5.52. The number of aryl methyl sites for hydroxylation is 1. The predicted molar refractivity (Wildman–Crippen MR) is 127 cm³/mol. The van der Waals surface area contributed by atoms with E-state index in [9.17, 15) is 4.79 Å². The highest BCUT2D eigenvalue weighted by Gasteiger charge is 2.47. The van der Waals surface area contributed by atoms with Crippen LogP contribution in [0, 0.1) is 5.92 Å². The number of ether oxygens (including phenoxy) is 1. The molecule has 6 heteroatoms. The molecule has 1 fully saturated rings. The van der Waals surface area contributed by atoms with Crippen LogP contribution in [0.1, 0.15) is 49.3 Å². The van der Waals surface area contributed by atoms with E-state index in [1.165, 1.54) is 27.3 Å². The number of carbonyl (C=O) groups is 1. The zero-order valence-electron chi connectivity index (χ0n) is 19.3. The average molecular weight is 436 g/mol. The molecule has 2 atom stereocenters. The first-order chi connectivity index (χ1) is 15.4. The van der Waals surface area contributed by atoms with Crippen molar-refractivity contribution in [2.24, 2.45) is 11.1 Å². The maximum Gasteiger partial charge on any atom is 0.414 e. The van der Waals surface area contributed by atoms with Gasteiger partial charge in [-0.3, -0.25) is 0 Å². The molecule has 2 aromatic carbocycles. The van der Waals surface area contributed by atoms with Crippen molar-refractivity contribution in [3.05, 3.63) is 59.2 Å². The molecule has 0 radical (unpaired) electrons. The Kier molecular flexibility index (Phi) is 6.40. The largest absolute Gasteiger partial charge is 0.414 e. The van der Waals surface area contributed by atoms with E-state index >= 15 is 0 Å². The van der Waals surface area contributed by atoms with Crippen LogP contribution in [0.3, 0.4) is 0 Å². The Morgan fingerprint density at radius 2 is 2.06 bits per heavy atom. The molecule has 1 amide bonds. The predicted octanol–water partition coefficient (Wildman–Crippen LogP) is 4.95. The average Bonchev–Trinajstić information content (AvgIpc) is 2.77. The van der Waals surface area contributed by atoms with Crippen LogP contribution in [-0.4, -0.2) is 37.4 Å². The lowest BCUT2D eigenvalue weighted by molar-refractivity contribution is 0.149. The molecule has 2 N–H and O–H groups in total. The van der Waals surface area contributed by atoms with Crippen LogP contribution >= 0.6 is 0 Å². The van der Waals surface area contributed by atoms with Crippen LogP contribution in [0.4, 0.5) is 10.5 Å². The lowest BCUT2D eigenvalue weighted by Crippen LogP contribution is -2.46. The van der Waals surface area contributed by atoms with Gasteiger partial charge in [-0.15, -0.1) is 0 Å². The summed E-state index contributed by atoms with van der Waals surface area (Å²) < 4.78 is 5.54. The quantitative estimate of drug-likeness (QED) is 0.533. The Balaban J connectivity index is 1.70. The van der Waals surface area contributed by atoms with E-state index < -0.39 is 0 Å². The van der Waals surface area contributed by atoms with E-state index in [4.69, 9.17) is 15.3 Å². The Morgan fingerprint density at radius 1 is 1.22 bits per heavy atom. The van der Waals surface area contributed by atoms with E-state index in [0.29, 0.717) is 18.3 Å². The molecule has 6 nitrogen and oxygen atoms in total. The maximum absolute atomic E-state index is 12.0. The van der Waals surface area contributed by atoms with Crippen molar-refractivity contribution >= 4 is 17.5 Å². The van der Waals surface area contributed by atoms with E-state index in [-0.39, 0.29) is 11.5 Å². The first kappa shape index (κ1) is 22.2. The summed E-state index contributed by atoms with van der Waals surface area (Å²) in [7, 11) is 3.38. The number of nitrogens with zero attached hydrogens (tertiary/aromatic N) is 2. The third-order valence-electron chi connectivity index (χ3n) is 6.86. The van der Waals surface area contributed by atoms with Gasteiger partial charge in [0.1, 0.15) is 12.4 Å². The van der Waals surface area contributed by atoms with E-state index in [2.05, 4.69) is 29.4 Å². The monoisotopic (exact) mass is 435 g/mol. The third-order valence-corrected chi connectivity index (χ3v) is 6.86. The van der Waals surface area contributed by atoms with Crippen LogP contribution in [0.25, 0.3) is 0 Å². The minimum atomic E-state index is -0.359. The Morgan fingerprint density at radius 3 is 2.81 bits per heavy atom. The molecule has 0 spiro atoms. The summed E-state index contributed by atoms with van der Waals surface area (Å²) in [5.74, 6) is 1.09. The highest BCUT2D eigenvalue weighted by atomic mass is 16.6. The second kappa shape index (κ2) is 9.23. The molecular formula is C26H33N3O3. The second-order valence-corrected chi connectivity index (χ2v) is 9.17. The molecule has 2 aliphatic rings. The minimum Gasteiger partial charge on any atom is -0.410 e. The Hall–Kier alpha value is -3.02. The fourth-order valence-electron chi connectivity index (χ4n) is 5.37. The maximum atomic E-state index is 12.0. The Bertz CT molecular complexity index is 1020. The van der Waals surface area contributed by atoms with Gasteiger partial charge in [0.2, 0.25) is 0 Å². The highest BCUT2D eigenvalue weighted by molar-refractivity contribution is 5.85. The first-order valence-corrected chi connectivity index (χ1v) is 11.5. The standard InChI is InChI=1S/C26H33N3O3/c1-4-31-28-22-12-13-26(17-18-6-5-7-21(27)14-18)20(16-22)9-8-19-15-23(10-11-24(19)26)32-25(30)29(2)3/h5-7,10-11,14-15,20H,4,8-9,12-13,16-17,27H2,1-3H3/t20-,26+/m0/s1. The molecule has 0 aliphatic heterocycles. The summed E-state index contributed by atoms with van der Waals surface area (Å²) in [6, 6.07) is 14.4. The number of benzene rings is 2. The van der Waals surface area contributed by atoms with E-state index in [1.54, 1.807) is 14.1 Å². The van der Waals surface area contributed by atoms with Gasteiger partial charge < -0.3 is 20.2 Å². The number of amides is 1. The summed E-state index contributed by atoms with van der Waals surface area (Å²) in [6.45, 7) is 2.56. The molecule has 2 aromatic rings. The van der Waals surface area contributed by atoms with Crippen molar-refractivity contribution in [2.75, 3.05) is 26.4 Å². The lowest BCUT2D eigenvalue weighted by Gasteiger charge is -2.49. The van der Waals surface area contributed by atoms with Crippen molar-refractivity contribution in [2.45, 2.75) is 50.9 Å². The number of nitrogens with two attached hydrogens (primary N) is 1. The lowest BCUT2D eigenvalue weighted by atomic mass is 9.55. The number of oxime groups is 1. The molecule has 0 heterocycles. The molecule has 0 unspecified atom stereocenters. The Labute approximate surface area is 190 Å². The van der Waals surface area contributed by atoms with Gasteiger partial charge in [-0.1, -0.05) is 23.4 Å². The molecule has 1 saturated carbocycles. The van der Waals surface area contributed by atoms with Crippen molar-refractivity contribution in [1.29, 1.82) is 0 Å². The zero-order valence-corrected chi connectivity index (χ0v) is 19.3. The van der Waals surface area contributed by atoms with Crippen LogP contribution in [0.2, 0.25) is 0 Å². The van der Waals surface area contributed by atoms with Gasteiger partial charge in [0.15, 0.2) is 0 Å². The minimum absolute atomic E-state index is 0.0106. The smallest absolute Gasteiger partial charge is 0.410 e. The highest BCUT2D eigenvalue weighted by Crippen LogP contribution is 2.52. The topological polar surface area (TPSA) is 77.1 Å². The summed E-state index contributed by atoms with van der Waals surface area (Å²) in [5, 5.41) is 4.40. The summed E-state index contributed by atoms with van der Waals surface area (Å²) in [5.41, 5.74) is 12.0. The number of hydrogen-bond donors (Lipinski definition) is 1. The summed E-state index contributed by atoms with van der Waals surface area (Å²) in [4.78, 5) is 18.9. The number of anilines is 1. The van der Waals surface area contributed by atoms with Crippen LogP contribution < -0.4 is 10.5 Å². The van der Waals surface area contributed by atoms with Crippen LogP contribution in [0.15, 0.2) is 47.6 Å². The van der Waals surface area contributed by atoms with Gasteiger partial charge in [-0.25, -0.2) is 4.79 Å². The van der Waals surface area contributed by atoms with Gasteiger partial charge >= 0.3 is 6.09 Å². The number of fused-ring (bicyclic) bond motifs is 3. The van der Waals surface area contributed by atoms with Gasteiger partial charge in [-0.05, 0) is 92.3 Å². The van der Waals surface area contributed by atoms with Crippen LogP contribution in [-0.2, 0) is 23.1 Å². The molecule has 2 aliphatic carbocycles. The molecular weight excluding hydrogens is 402 g/mol. The number of hydrogen-bond acceptors (Lipinski definition) is 5. The molecule has 4 rings (SSSR count). The number of rotatable bonds is 5. The molecule has 170 valence electrons. The molecule has 0 bridgehead atoms. The third kappa shape index (κ3) is 4.45. The second-order valence-electron chi connectivity index (χ2n) is 9.17.